The number of hydrogen-bond acceptors (Lipinski definition) is 4. The molecule has 2 aromatic carbocycles. The molecule has 8 heteroatoms. The van der Waals surface area contributed by atoms with Gasteiger partial charge in [-0.2, -0.15) is 5.06 Å². The number of Topliss-reactive ketones (excluding diaryl/α,β-unsaturated/α-hetero) is 1. The molecule has 4 nitrogen and oxygen atoms in total. The molecule has 1 N–H and O–H groups in total. The average molecular weight is 501 g/mol. The van der Waals surface area contributed by atoms with Gasteiger partial charge in [0.25, 0.3) is 0 Å². The third-order valence-electron chi connectivity index (χ3n) is 6.78. The Morgan fingerprint density at radius 1 is 0.861 bits per heavy atom. The minimum absolute atomic E-state index is 0.0837. The molecule has 0 unspecified atom stereocenters. The van der Waals surface area contributed by atoms with Gasteiger partial charge in [0.1, 0.15) is 0 Å². The van der Waals surface area contributed by atoms with E-state index in [-0.39, 0.29) is 35.4 Å². The molecular weight excluding hydrogens is 472 g/mol. The quantitative estimate of drug-likeness (QED) is 0.328. The fraction of sp³-hybridized carbons (Fsp3) is 0.321. The number of carbonyl (C=O) groups is 1. The van der Waals surface area contributed by atoms with Crippen molar-refractivity contribution in [2.75, 3.05) is 19.6 Å². The van der Waals surface area contributed by atoms with E-state index in [1.54, 1.807) is 0 Å². The maximum absolute atomic E-state index is 14.4. The zero-order chi connectivity index (χ0) is 26.4. The van der Waals surface area contributed by atoms with Crippen molar-refractivity contribution >= 4 is 17.9 Å². The SMILES string of the molecule is CC1(C)C=C(CN2C/C(=C\c3cccc(F)c3F)C(=O)/C(=C/c3cccc(F)c3F)C2)C(C)(C)N1O. The van der Waals surface area contributed by atoms with Gasteiger partial charge >= 0.3 is 0 Å². The van der Waals surface area contributed by atoms with Crippen LogP contribution in [0, 0.1) is 23.3 Å². The smallest absolute Gasteiger partial charge is 0.187 e. The van der Waals surface area contributed by atoms with Crippen LogP contribution in [-0.2, 0) is 4.79 Å². The van der Waals surface area contributed by atoms with Crippen LogP contribution in [0.25, 0.3) is 12.2 Å². The number of ketones is 1. The van der Waals surface area contributed by atoms with Crippen molar-refractivity contribution in [1.82, 2.24) is 9.96 Å². The molecule has 0 bridgehead atoms. The molecular formula is C28H28F4N2O2. The summed E-state index contributed by atoms with van der Waals surface area (Å²) in [5, 5.41) is 11.9. The van der Waals surface area contributed by atoms with Gasteiger partial charge < -0.3 is 5.21 Å². The Balaban J connectivity index is 1.76. The summed E-state index contributed by atoms with van der Waals surface area (Å²) in [6.45, 7) is 8.09. The number of benzene rings is 2. The average Bonchev–Trinajstić information content (AvgIpc) is 2.96. The third-order valence-corrected chi connectivity index (χ3v) is 6.78. The summed E-state index contributed by atoms with van der Waals surface area (Å²) < 4.78 is 56.4. The van der Waals surface area contributed by atoms with E-state index in [4.69, 9.17) is 0 Å². The highest BCUT2D eigenvalue weighted by molar-refractivity contribution is 6.14. The van der Waals surface area contributed by atoms with E-state index in [9.17, 15) is 27.6 Å². The molecule has 2 aliphatic heterocycles. The monoisotopic (exact) mass is 500 g/mol. The van der Waals surface area contributed by atoms with Crippen LogP contribution in [-0.4, -0.2) is 51.7 Å². The van der Waals surface area contributed by atoms with E-state index in [2.05, 4.69) is 0 Å². The number of carbonyl (C=O) groups excluding carboxylic acids is 1. The summed E-state index contributed by atoms with van der Waals surface area (Å²) in [7, 11) is 0. The van der Waals surface area contributed by atoms with Gasteiger partial charge in [-0.1, -0.05) is 30.3 Å². The summed E-state index contributed by atoms with van der Waals surface area (Å²) in [5.41, 5.74) is -0.203. The standard InChI is InChI=1S/C28H28F4N2O2/c1-27(2)13-21(28(3,4)34(27)36)16-33-14-19(11-17-7-5-9-22(29)24(17)31)26(35)20(15-33)12-18-8-6-10-23(30)25(18)32/h5-13,36H,14-16H2,1-4H3/b19-11+,20-12+. The Morgan fingerprint density at radius 3 is 1.75 bits per heavy atom. The van der Waals surface area contributed by atoms with Crippen LogP contribution in [0.2, 0.25) is 0 Å². The van der Waals surface area contributed by atoms with Crippen LogP contribution in [0.4, 0.5) is 17.6 Å². The largest absolute Gasteiger partial charge is 0.312 e. The predicted octanol–water partition coefficient (Wildman–Crippen LogP) is 5.78. The molecule has 0 saturated carbocycles. The summed E-state index contributed by atoms with van der Waals surface area (Å²) >= 11 is 0. The van der Waals surface area contributed by atoms with E-state index in [0.29, 0.717) is 6.54 Å². The Bertz CT molecular complexity index is 1240. The molecule has 0 atom stereocenters. The molecule has 1 fully saturated rings. The first-order valence-electron chi connectivity index (χ1n) is 11.6. The van der Waals surface area contributed by atoms with Crippen molar-refractivity contribution in [1.29, 1.82) is 0 Å². The van der Waals surface area contributed by atoms with Gasteiger partial charge in [0.15, 0.2) is 29.1 Å². The lowest BCUT2D eigenvalue weighted by molar-refractivity contribution is -0.185. The van der Waals surface area contributed by atoms with Crippen LogP contribution in [0.3, 0.4) is 0 Å². The van der Waals surface area contributed by atoms with Crippen LogP contribution >= 0.6 is 0 Å². The van der Waals surface area contributed by atoms with Crippen molar-refractivity contribution in [3.05, 3.63) is 93.6 Å². The number of hydroxylamine groups is 2. The van der Waals surface area contributed by atoms with Gasteiger partial charge in [-0.05, 0) is 57.6 Å². The molecule has 36 heavy (non-hydrogen) atoms. The Hall–Kier alpha value is -3.07. The van der Waals surface area contributed by atoms with Gasteiger partial charge in [0, 0.05) is 41.9 Å². The number of rotatable bonds is 4. The maximum atomic E-state index is 14.4. The molecule has 0 spiro atoms. The van der Waals surface area contributed by atoms with E-state index in [0.717, 1.165) is 17.7 Å². The lowest BCUT2D eigenvalue weighted by Gasteiger charge is -2.38. The molecule has 1 saturated heterocycles. The van der Waals surface area contributed by atoms with Crippen LogP contribution in [0.1, 0.15) is 38.8 Å². The first-order chi connectivity index (χ1) is 16.8. The lowest BCUT2D eigenvalue weighted by atomic mass is 9.91. The second-order valence-electron chi connectivity index (χ2n) is 10.3. The minimum atomic E-state index is -1.08. The molecule has 190 valence electrons. The summed E-state index contributed by atoms with van der Waals surface area (Å²) in [4.78, 5) is 15.2. The fourth-order valence-electron chi connectivity index (χ4n) is 4.86. The first-order valence-corrected chi connectivity index (χ1v) is 11.6. The minimum Gasteiger partial charge on any atom is -0.312 e. The highest BCUT2D eigenvalue weighted by Gasteiger charge is 2.45. The van der Waals surface area contributed by atoms with Gasteiger partial charge in [-0.15, -0.1) is 0 Å². The zero-order valence-electron chi connectivity index (χ0n) is 20.6. The van der Waals surface area contributed by atoms with Crippen molar-refractivity contribution in [3.63, 3.8) is 0 Å². The van der Waals surface area contributed by atoms with Crippen LogP contribution in [0.5, 0.6) is 0 Å². The topological polar surface area (TPSA) is 43.8 Å². The second-order valence-corrected chi connectivity index (χ2v) is 10.3. The fourth-order valence-corrected chi connectivity index (χ4v) is 4.86. The molecule has 0 aromatic heterocycles. The Labute approximate surface area is 207 Å². The van der Waals surface area contributed by atoms with Gasteiger partial charge in [-0.25, -0.2) is 17.6 Å². The summed E-state index contributed by atoms with van der Waals surface area (Å²) in [6, 6.07) is 7.39. The summed E-state index contributed by atoms with van der Waals surface area (Å²) in [5.74, 6) is -4.68. The molecule has 0 aliphatic carbocycles. The second kappa shape index (κ2) is 9.42. The zero-order valence-corrected chi connectivity index (χ0v) is 20.6. The van der Waals surface area contributed by atoms with Gasteiger partial charge in [0.2, 0.25) is 0 Å². The third kappa shape index (κ3) is 4.81. The molecule has 4 rings (SSSR count). The predicted molar refractivity (Wildman–Crippen MR) is 130 cm³/mol. The molecule has 2 heterocycles. The number of hydrogen-bond donors (Lipinski definition) is 1. The highest BCUT2D eigenvalue weighted by Crippen LogP contribution is 2.39. The number of piperidine rings is 1. The van der Waals surface area contributed by atoms with E-state index in [1.165, 1.54) is 41.5 Å². The molecule has 2 aromatic rings. The number of likely N-dealkylation sites (tertiary alicyclic amines) is 1. The Morgan fingerprint density at radius 2 is 1.33 bits per heavy atom. The van der Waals surface area contributed by atoms with Crippen LogP contribution in [0.15, 0.2) is 59.2 Å². The number of halogens is 4. The van der Waals surface area contributed by atoms with Gasteiger partial charge in [-0.3, -0.25) is 9.69 Å². The lowest BCUT2D eigenvalue weighted by Crippen LogP contribution is -2.49. The summed E-state index contributed by atoms with van der Waals surface area (Å²) in [6.07, 6.45) is 4.53. The molecule has 0 radical (unpaired) electrons. The normalized spacial score (nSPS) is 22.5. The van der Waals surface area contributed by atoms with Crippen molar-refractivity contribution < 1.29 is 27.6 Å². The number of nitrogens with zero attached hydrogens (tertiary/aromatic N) is 2. The van der Waals surface area contributed by atoms with E-state index >= 15 is 0 Å². The Kier molecular flexibility index (Phi) is 6.81. The molecule has 2 aliphatic rings. The van der Waals surface area contributed by atoms with Crippen molar-refractivity contribution in [2.24, 2.45) is 0 Å². The first kappa shape index (κ1) is 26.0. The van der Waals surface area contributed by atoms with Crippen molar-refractivity contribution in [3.8, 4) is 0 Å². The molecule has 0 amide bonds. The maximum Gasteiger partial charge on any atom is 0.187 e. The van der Waals surface area contributed by atoms with E-state index in [1.807, 2.05) is 38.7 Å². The van der Waals surface area contributed by atoms with Crippen LogP contribution < -0.4 is 0 Å². The van der Waals surface area contributed by atoms with Crippen molar-refractivity contribution in [2.45, 2.75) is 38.8 Å². The van der Waals surface area contributed by atoms with E-state index < -0.39 is 40.1 Å². The highest BCUT2D eigenvalue weighted by atomic mass is 19.2. The van der Waals surface area contributed by atoms with Gasteiger partial charge in [0.05, 0.1) is 11.1 Å².